The van der Waals surface area contributed by atoms with Crippen LogP contribution in [0.5, 0.6) is 0 Å². The predicted octanol–water partition coefficient (Wildman–Crippen LogP) is -1.72. The molecule has 13 heteroatoms. The van der Waals surface area contributed by atoms with Crippen LogP contribution in [0.3, 0.4) is 0 Å². The van der Waals surface area contributed by atoms with Gasteiger partial charge >= 0.3 is 18.0 Å². The first kappa shape index (κ1) is 24.3. The lowest BCUT2D eigenvalue weighted by Gasteiger charge is -2.21. The number of aliphatic carboxylic acids is 1. The quantitative estimate of drug-likeness (QED) is 0.225. The van der Waals surface area contributed by atoms with Gasteiger partial charge in [0.15, 0.2) is 0 Å². The molecule has 152 valence electrons. The lowest BCUT2D eigenvalue weighted by molar-refractivity contribution is -0.152. The average Bonchev–Trinajstić information content (AvgIpc) is 2.59. The van der Waals surface area contributed by atoms with Gasteiger partial charge in [0, 0.05) is 12.8 Å². The van der Waals surface area contributed by atoms with Gasteiger partial charge in [0.05, 0.1) is 18.8 Å². The summed E-state index contributed by atoms with van der Waals surface area (Å²) in [4.78, 5) is 68.6. The second-order valence-corrected chi connectivity index (χ2v) is 6.14. The number of thioether (sulfide) groups is 1. The fourth-order valence-corrected chi connectivity index (χ4v) is 2.47. The van der Waals surface area contributed by atoms with E-state index in [4.69, 9.17) is 15.9 Å². The van der Waals surface area contributed by atoms with Gasteiger partial charge in [0.2, 0.25) is 11.7 Å². The molecular formula is C14H21N3O9S. The Morgan fingerprint density at radius 3 is 2.26 bits per heavy atom. The van der Waals surface area contributed by atoms with Gasteiger partial charge in [-0.3, -0.25) is 19.2 Å². The number of likely N-dealkylation sites (N-methyl/N-ethyl adjacent to an activating group) is 1. The summed E-state index contributed by atoms with van der Waals surface area (Å²) in [7, 11) is 0.960. The van der Waals surface area contributed by atoms with E-state index in [1.807, 2.05) is 0 Å². The molecule has 0 aliphatic rings. The van der Waals surface area contributed by atoms with E-state index in [2.05, 4.69) is 10.1 Å². The standard InChI is InChI=1S/C14H21N3O9S/c1-3-26-13(23)9(18)6-27-5-8(11(20)17(2)14(24)25)16-10(19)4-7(15)12(21)22/h7-8H,3-6,15H2,1-2H3,(H,16,19)(H,21,22)(H,24,25). The molecule has 0 bridgehead atoms. The number of imide groups is 1. The molecule has 2 atom stereocenters. The number of ketones is 1. The number of esters is 1. The monoisotopic (exact) mass is 407 g/mol. The van der Waals surface area contributed by atoms with Crippen LogP contribution in [0.25, 0.3) is 0 Å². The van der Waals surface area contributed by atoms with E-state index in [1.54, 1.807) is 0 Å². The Morgan fingerprint density at radius 1 is 1.19 bits per heavy atom. The van der Waals surface area contributed by atoms with Gasteiger partial charge in [-0.05, 0) is 6.92 Å². The summed E-state index contributed by atoms with van der Waals surface area (Å²) in [5.74, 6) is -5.83. The molecule has 0 aromatic carbocycles. The van der Waals surface area contributed by atoms with E-state index < -0.39 is 54.1 Å². The van der Waals surface area contributed by atoms with Crippen molar-refractivity contribution in [3.8, 4) is 0 Å². The third kappa shape index (κ3) is 9.01. The average molecular weight is 407 g/mol. The Bertz CT molecular complexity index is 611. The van der Waals surface area contributed by atoms with Crippen LogP contribution in [0.4, 0.5) is 4.79 Å². The van der Waals surface area contributed by atoms with Gasteiger partial charge in [0.1, 0.15) is 12.1 Å². The normalized spacial score (nSPS) is 12.4. The van der Waals surface area contributed by atoms with Gasteiger partial charge in [-0.15, -0.1) is 0 Å². The van der Waals surface area contributed by atoms with Crippen molar-refractivity contribution >= 4 is 47.4 Å². The van der Waals surface area contributed by atoms with Crippen LogP contribution in [-0.2, 0) is 28.7 Å². The van der Waals surface area contributed by atoms with Crippen molar-refractivity contribution in [3.63, 3.8) is 0 Å². The number of hydrogen-bond acceptors (Lipinski definition) is 9. The van der Waals surface area contributed by atoms with Gasteiger partial charge < -0.3 is 26.0 Å². The van der Waals surface area contributed by atoms with Crippen molar-refractivity contribution in [3.05, 3.63) is 0 Å². The number of carboxylic acids is 1. The minimum Gasteiger partial charge on any atom is -0.480 e. The molecule has 3 amide bonds. The third-order valence-corrected chi connectivity index (χ3v) is 4.03. The van der Waals surface area contributed by atoms with E-state index in [0.29, 0.717) is 4.90 Å². The second kappa shape index (κ2) is 11.9. The number of nitrogens with zero attached hydrogens (tertiary/aromatic N) is 1. The Morgan fingerprint density at radius 2 is 1.78 bits per heavy atom. The molecule has 0 saturated heterocycles. The van der Waals surface area contributed by atoms with Crippen molar-refractivity contribution in [2.45, 2.75) is 25.4 Å². The fourth-order valence-electron chi connectivity index (χ4n) is 1.58. The first-order valence-electron chi connectivity index (χ1n) is 7.57. The highest BCUT2D eigenvalue weighted by molar-refractivity contribution is 8.00. The van der Waals surface area contributed by atoms with E-state index in [-0.39, 0.29) is 18.1 Å². The maximum absolute atomic E-state index is 12.1. The molecule has 0 saturated carbocycles. The smallest absolute Gasteiger partial charge is 0.413 e. The molecule has 0 fully saturated rings. The van der Waals surface area contributed by atoms with Crippen LogP contribution in [-0.4, -0.2) is 88.0 Å². The molecular weight excluding hydrogens is 386 g/mol. The summed E-state index contributed by atoms with van der Waals surface area (Å²) in [6.07, 6.45) is -2.21. The molecule has 27 heavy (non-hydrogen) atoms. The van der Waals surface area contributed by atoms with E-state index >= 15 is 0 Å². The second-order valence-electron chi connectivity index (χ2n) is 5.11. The number of nitrogens with two attached hydrogens (primary N) is 1. The van der Waals surface area contributed by atoms with Crippen molar-refractivity contribution in [2.24, 2.45) is 5.73 Å². The summed E-state index contributed by atoms with van der Waals surface area (Å²) >= 11 is 0.795. The van der Waals surface area contributed by atoms with E-state index in [0.717, 1.165) is 18.8 Å². The summed E-state index contributed by atoms with van der Waals surface area (Å²) in [6.45, 7) is 1.53. The number of carboxylic acid groups (broad SMARTS) is 2. The topological polar surface area (TPSA) is 193 Å². The molecule has 0 aliphatic carbocycles. The molecule has 0 aliphatic heterocycles. The Hall–Kier alpha value is -2.67. The Balaban J connectivity index is 4.94. The van der Waals surface area contributed by atoms with Crippen LogP contribution in [0.2, 0.25) is 0 Å². The molecule has 2 unspecified atom stereocenters. The van der Waals surface area contributed by atoms with Crippen LogP contribution in [0.15, 0.2) is 0 Å². The summed E-state index contributed by atoms with van der Waals surface area (Å²) in [5.41, 5.74) is 5.23. The SMILES string of the molecule is CCOC(=O)C(=O)CSCC(NC(=O)CC(N)C(=O)O)C(=O)N(C)C(=O)O. The van der Waals surface area contributed by atoms with Crippen molar-refractivity contribution < 1.29 is 43.7 Å². The zero-order valence-electron chi connectivity index (χ0n) is 14.7. The summed E-state index contributed by atoms with van der Waals surface area (Å²) in [5, 5.41) is 19.7. The van der Waals surface area contributed by atoms with Crippen LogP contribution in [0.1, 0.15) is 13.3 Å². The van der Waals surface area contributed by atoms with Gasteiger partial charge in [0.25, 0.3) is 5.91 Å². The summed E-state index contributed by atoms with van der Waals surface area (Å²) in [6, 6.07) is -2.88. The number of carbonyl (C=O) groups is 6. The highest BCUT2D eigenvalue weighted by Crippen LogP contribution is 2.07. The number of Topliss-reactive ketones (excluding diaryl/α,β-unsaturated/α-hetero) is 1. The van der Waals surface area contributed by atoms with E-state index in [9.17, 15) is 28.8 Å². The number of rotatable bonds is 11. The number of ether oxygens (including phenoxy) is 1. The Labute approximate surface area is 158 Å². The molecule has 0 aromatic rings. The van der Waals surface area contributed by atoms with Crippen LogP contribution < -0.4 is 11.1 Å². The minimum absolute atomic E-state index is 0.0135. The largest absolute Gasteiger partial charge is 0.480 e. The van der Waals surface area contributed by atoms with Crippen molar-refractivity contribution in [1.29, 1.82) is 0 Å². The molecule has 0 spiro atoms. The zero-order valence-corrected chi connectivity index (χ0v) is 15.5. The highest BCUT2D eigenvalue weighted by atomic mass is 32.2. The van der Waals surface area contributed by atoms with Crippen molar-refractivity contribution in [1.82, 2.24) is 10.2 Å². The maximum Gasteiger partial charge on any atom is 0.413 e. The zero-order chi connectivity index (χ0) is 21.1. The summed E-state index contributed by atoms with van der Waals surface area (Å²) < 4.78 is 4.52. The van der Waals surface area contributed by atoms with Gasteiger partial charge in [-0.2, -0.15) is 11.8 Å². The third-order valence-electron chi connectivity index (χ3n) is 2.99. The van der Waals surface area contributed by atoms with Crippen LogP contribution >= 0.6 is 11.8 Å². The number of amides is 3. The molecule has 12 nitrogen and oxygen atoms in total. The first-order valence-corrected chi connectivity index (χ1v) is 8.72. The number of carbonyl (C=O) groups excluding carboxylic acids is 4. The van der Waals surface area contributed by atoms with Crippen molar-refractivity contribution in [2.75, 3.05) is 25.2 Å². The Kier molecular flexibility index (Phi) is 10.7. The van der Waals surface area contributed by atoms with Crippen LogP contribution in [0, 0.1) is 0 Å². The van der Waals surface area contributed by atoms with Gasteiger partial charge in [-0.25, -0.2) is 14.5 Å². The molecule has 0 aromatic heterocycles. The lowest BCUT2D eigenvalue weighted by atomic mass is 10.2. The molecule has 0 heterocycles. The maximum atomic E-state index is 12.1. The molecule has 5 N–H and O–H groups in total. The molecule has 0 radical (unpaired) electrons. The van der Waals surface area contributed by atoms with E-state index in [1.165, 1.54) is 6.92 Å². The lowest BCUT2D eigenvalue weighted by Crippen LogP contribution is -2.51. The molecule has 0 rings (SSSR count). The predicted molar refractivity (Wildman–Crippen MR) is 91.9 cm³/mol. The highest BCUT2D eigenvalue weighted by Gasteiger charge is 2.29. The first-order chi connectivity index (χ1) is 12.5. The number of nitrogens with one attached hydrogen (secondary N) is 1. The fraction of sp³-hybridized carbons (Fsp3) is 0.571. The van der Waals surface area contributed by atoms with Gasteiger partial charge in [-0.1, -0.05) is 0 Å². The minimum atomic E-state index is -1.57. The number of hydrogen-bond donors (Lipinski definition) is 4.